The van der Waals surface area contributed by atoms with Crippen LogP contribution in [-0.4, -0.2) is 28.0 Å². The maximum absolute atomic E-state index is 12.8. The summed E-state index contributed by atoms with van der Waals surface area (Å²) in [5, 5.41) is 12.1. The molecule has 9 heteroatoms. The summed E-state index contributed by atoms with van der Waals surface area (Å²) in [6.45, 7) is 1.42. The highest BCUT2D eigenvalue weighted by Crippen LogP contribution is 2.28. The van der Waals surface area contributed by atoms with E-state index < -0.39 is 11.5 Å². The molecule has 0 fully saturated rings. The summed E-state index contributed by atoms with van der Waals surface area (Å²) in [7, 11) is 1.58. The first-order valence-electron chi connectivity index (χ1n) is 9.03. The fraction of sp³-hybridized carbons (Fsp3) is 0.143. The van der Waals surface area contributed by atoms with Gasteiger partial charge >= 0.3 is 0 Å². The van der Waals surface area contributed by atoms with Crippen molar-refractivity contribution >= 4 is 34.1 Å². The molecule has 2 heterocycles. The third-order valence-electron chi connectivity index (χ3n) is 4.54. The molecule has 0 bridgehead atoms. The van der Waals surface area contributed by atoms with Gasteiger partial charge in [-0.2, -0.15) is 5.10 Å². The van der Waals surface area contributed by atoms with Crippen molar-refractivity contribution in [3.05, 3.63) is 69.7 Å². The van der Waals surface area contributed by atoms with E-state index in [9.17, 15) is 9.59 Å². The van der Waals surface area contributed by atoms with Gasteiger partial charge in [0.15, 0.2) is 5.52 Å². The summed E-state index contributed by atoms with van der Waals surface area (Å²) in [6, 6.07) is 13.9. The van der Waals surface area contributed by atoms with Crippen LogP contribution in [0.2, 0.25) is 5.02 Å². The van der Waals surface area contributed by atoms with Crippen LogP contribution >= 0.6 is 11.6 Å². The Kier molecular flexibility index (Phi) is 5.24. The van der Waals surface area contributed by atoms with Gasteiger partial charge in [-0.25, -0.2) is 4.68 Å². The second kappa shape index (κ2) is 8.00. The van der Waals surface area contributed by atoms with Gasteiger partial charge in [-0.3, -0.25) is 9.59 Å². The van der Waals surface area contributed by atoms with Crippen molar-refractivity contribution in [2.45, 2.75) is 13.5 Å². The molecule has 0 unspecified atom stereocenters. The number of carbonyl (C=O) groups is 1. The first kappa shape index (κ1) is 19.7. The molecule has 0 radical (unpaired) electrons. The Morgan fingerprint density at radius 2 is 1.87 bits per heavy atom. The van der Waals surface area contributed by atoms with Crippen LogP contribution in [0.5, 0.6) is 5.75 Å². The van der Waals surface area contributed by atoms with Gasteiger partial charge in [-0.1, -0.05) is 16.8 Å². The molecule has 4 rings (SSSR count). The van der Waals surface area contributed by atoms with E-state index in [1.165, 1.54) is 0 Å². The first-order valence-corrected chi connectivity index (χ1v) is 9.41. The Balaban J connectivity index is 1.73. The molecule has 30 heavy (non-hydrogen) atoms. The molecule has 1 amide bonds. The van der Waals surface area contributed by atoms with Crippen molar-refractivity contribution in [2.75, 3.05) is 12.4 Å². The maximum atomic E-state index is 12.8. The smallest absolute Gasteiger partial charge is 0.297 e. The van der Waals surface area contributed by atoms with Crippen LogP contribution in [0.15, 0.2) is 57.8 Å². The number of hydrogen-bond donors (Lipinski definition) is 1. The highest BCUT2D eigenvalue weighted by molar-refractivity contribution is 6.30. The normalized spacial score (nSPS) is 10.9. The van der Waals surface area contributed by atoms with E-state index in [1.54, 1.807) is 50.4 Å². The molecule has 0 aliphatic heterocycles. The van der Waals surface area contributed by atoms with Crippen LogP contribution in [0, 0.1) is 6.92 Å². The van der Waals surface area contributed by atoms with Crippen LogP contribution in [0.3, 0.4) is 0 Å². The standard InChI is InChI=1S/C21H17ClN4O4/c1-12-18-19(13-3-9-16(29-2)10-4-13)24-26(21(28)20(18)25-30-12)11-17(27)23-15-7-5-14(22)6-8-15/h3-10H,11H2,1-2H3,(H,23,27). The minimum Gasteiger partial charge on any atom is -0.497 e. The lowest BCUT2D eigenvalue weighted by Gasteiger charge is -2.10. The molecule has 4 aromatic rings. The van der Waals surface area contributed by atoms with Crippen LogP contribution < -0.4 is 15.6 Å². The lowest BCUT2D eigenvalue weighted by molar-refractivity contribution is -0.117. The number of amides is 1. The van der Waals surface area contributed by atoms with Gasteiger partial charge < -0.3 is 14.6 Å². The molecule has 0 spiro atoms. The van der Waals surface area contributed by atoms with E-state index in [0.717, 1.165) is 10.2 Å². The van der Waals surface area contributed by atoms with E-state index in [0.29, 0.717) is 33.3 Å². The second-order valence-electron chi connectivity index (χ2n) is 6.56. The number of benzene rings is 2. The summed E-state index contributed by atoms with van der Waals surface area (Å²) in [5.41, 5.74) is 1.40. The lowest BCUT2D eigenvalue weighted by Crippen LogP contribution is -2.30. The summed E-state index contributed by atoms with van der Waals surface area (Å²) in [4.78, 5) is 25.3. The van der Waals surface area contributed by atoms with E-state index >= 15 is 0 Å². The Morgan fingerprint density at radius 3 is 2.53 bits per heavy atom. The third-order valence-corrected chi connectivity index (χ3v) is 4.79. The van der Waals surface area contributed by atoms with E-state index in [2.05, 4.69) is 15.6 Å². The van der Waals surface area contributed by atoms with Gasteiger partial charge in [0.2, 0.25) is 5.91 Å². The van der Waals surface area contributed by atoms with Crippen molar-refractivity contribution in [3.63, 3.8) is 0 Å². The van der Waals surface area contributed by atoms with Crippen molar-refractivity contribution in [3.8, 4) is 17.0 Å². The number of fused-ring (bicyclic) bond motifs is 1. The van der Waals surface area contributed by atoms with Gasteiger partial charge in [0.25, 0.3) is 5.56 Å². The Hall–Kier alpha value is -3.65. The number of anilines is 1. The molecular formula is C21H17ClN4O4. The number of nitrogens with zero attached hydrogens (tertiary/aromatic N) is 3. The van der Waals surface area contributed by atoms with Gasteiger partial charge in [0.05, 0.1) is 12.5 Å². The Bertz CT molecular complexity index is 1280. The Labute approximate surface area is 176 Å². The number of methoxy groups -OCH3 is 1. The van der Waals surface area contributed by atoms with Gasteiger partial charge in [-0.05, 0) is 55.5 Å². The Morgan fingerprint density at radius 1 is 1.17 bits per heavy atom. The largest absolute Gasteiger partial charge is 0.497 e. The summed E-state index contributed by atoms with van der Waals surface area (Å²) >= 11 is 5.86. The second-order valence-corrected chi connectivity index (χ2v) is 6.99. The zero-order chi connectivity index (χ0) is 21.3. The van der Waals surface area contributed by atoms with Crippen molar-refractivity contribution in [1.29, 1.82) is 0 Å². The van der Waals surface area contributed by atoms with Gasteiger partial charge in [0, 0.05) is 16.3 Å². The van der Waals surface area contributed by atoms with E-state index in [1.807, 2.05) is 12.1 Å². The molecule has 8 nitrogen and oxygen atoms in total. The van der Waals surface area contributed by atoms with Crippen LogP contribution in [0.25, 0.3) is 22.2 Å². The number of halogens is 1. The SMILES string of the molecule is COc1ccc(-c2nn(CC(=O)Nc3ccc(Cl)cc3)c(=O)c3noc(C)c23)cc1. The molecule has 2 aromatic carbocycles. The summed E-state index contributed by atoms with van der Waals surface area (Å²) in [6.07, 6.45) is 0. The fourth-order valence-electron chi connectivity index (χ4n) is 3.06. The summed E-state index contributed by atoms with van der Waals surface area (Å²) < 4.78 is 11.5. The topological polar surface area (TPSA) is 99.2 Å². The highest BCUT2D eigenvalue weighted by atomic mass is 35.5. The monoisotopic (exact) mass is 424 g/mol. The number of rotatable bonds is 5. The molecule has 0 saturated heterocycles. The van der Waals surface area contributed by atoms with Crippen molar-refractivity contribution < 1.29 is 14.1 Å². The maximum Gasteiger partial charge on any atom is 0.297 e. The minimum atomic E-state index is -0.509. The molecular weight excluding hydrogens is 408 g/mol. The molecule has 0 aliphatic rings. The molecule has 0 saturated carbocycles. The predicted octanol–water partition coefficient (Wildman–Crippen LogP) is 3.66. The minimum absolute atomic E-state index is 0.118. The van der Waals surface area contributed by atoms with Gasteiger partial charge in [-0.15, -0.1) is 0 Å². The number of hydrogen-bond acceptors (Lipinski definition) is 6. The van der Waals surface area contributed by atoms with E-state index in [4.69, 9.17) is 20.9 Å². The van der Waals surface area contributed by atoms with E-state index in [-0.39, 0.29) is 12.1 Å². The number of carbonyl (C=O) groups excluding carboxylic acids is 1. The molecule has 2 aromatic heterocycles. The lowest BCUT2D eigenvalue weighted by atomic mass is 10.1. The third kappa shape index (κ3) is 3.77. The highest BCUT2D eigenvalue weighted by Gasteiger charge is 2.20. The predicted molar refractivity (Wildman–Crippen MR) is 113 cm³/mol. The average molecular weight is 425 g/mol. The van der Waals surface area contributed by atoms with Crippen LogP contribution in [0.4, 0.5) is 5.69 Å². The van der Waals surface area contributed by atoms with Crippen LogP contribution in [-0.2, 0) is 11.3 Å². The molecule has 0 aliphatic carbocycles. The summed E-state index contributed by atoms with van der Waals surface area (Å²) in [5.74, 6) is 0.748. The number of aromatic nitrogens is 3. The average Bonchev–Trinajstić information content (AvgIpc) is 3.14. The van der Waals surface area contributed by atoms with Crippen LogP contribution in [0.1, 0.15) is 5.76 Å². The molecule has 152 valence electrons. The zero-order valence-corrected chi connectivity index (χ0v) is 16.9. The number of aryl methyl sites for hydroxylation is 1. The fourth-order valence-corrected chi connectivity index (χ4v) is 3.19. The number of ether oxygens (including phenoxy) is 1. The zero-order valence-electron chi connectivity index (χ0n) is 16.2. The number of nitrogens with one attached hydrogen (secondary N) is 1. The van der Waals surface area contributed by atoms with Crippen molar-refractivity contribution in [2.24, 2.45) is 0 Å². The molecule has 0 atom stereocenters. The first-order chi connectivity index (χ1) is 14.5. The molecule has 1 N–H and O–H groups in total. The van der Waals surface area contributed by atoms with Gasteiger partial charge in [0.1, 0.15) is 23.7 Å². The quantitative estimate of drug-likeness (QED) is 0.525. The van der Waals surface area contributed by atoms with Crippen molar-refractivity contribution in [1.82, 2.24) is 14.9 Å².